The third kappa shape index (κ3) is 2.80. The lowest BCUT2D eigenvalue weighted by molar-refractivity contribution is 0.442. The Kier molecular flexibility index (Phi) is 4.69. The molecule has 0 aliphatic heterocycles. The van der Waals surface area contributed by atoms with Crippen molar-refractivity contribution in [3.8, 4) is 11.6 Å². The molecule has 0 unspecified atom stereocenters. The van der Waals surface area contributed by atoms with Crippen molar-refractivity contribution in [3.05, 3.63) is 46.6 Å². The second kappa shape index (κ2) is 6.48. The van der Waals surface area contributed by atoms with E-state index in [4.69, 9.17) is 10.5 Å². The van der Waals surface area contributed by atoms with Crippen LogP contribution in [-0.4, -0.2) is 10.2 Å². The lowest BCUT2D eigenvalue weighted by Gasteiger charge is -2.15. The Hall–Kier alpha value is -1.94. The molecule has 2 N–H and O–H groups in total. The van der Waals surface area contributed by atoms with Gasteiger partial charge in [-0.3, -0.25) is 0 Å². The van der Waals surface area contributed by atoms with Crippen LogP contribution >= 0.6 is 0 Å². The van der Waals surface area contributed by atoms with Gasteiger partial charge in [0.25, 0.3) is 0 Å². The molecule has 1 aromatic carbocycles. The highest BCUT2D eigenvalue weighted by molar-refractivity contribution is 5.41. The number of nitrogens with two attached hydrogens (primary N) is 1. The summed E-state index contributed by atoms with van der Waals surface area (Å²) in [5.74, 6) is 1.32. The largest absolute Gasteiger partial charge is 0.437 e. The summed E-state index contributed by atoms with van der Waals surface area (Å²) < 4.78 is 5.92. The zero-order valence-corrected chi connectivity index (χ0v) is 12.3. The maximum atomic E-state index is 5.92. The van der Waals surface area contributed by atoms with Crippen molar-refractivity contribution in [2.24, 2.45) is 5.73 Å². The van der Waals surface area contributed by atoms with Gasteiger partial charge in [0, 0.05) is 12.1 Å². The highest BCUT2D eigenvalue weighted by Crippen LogP contribution is 2.28. The van der Waals surface area contributed by atoms with Crippen LogP contribution in [0.1, 0.15) is 36.2 Å². The molecule has 0 spiro atoms. The van der Waals surface area contributed by atoms with Gasteiger partial charge in [-0.15, -0.1) is 5.10 Å². The summed E-state index contributed by atoms with van der Waals surface area (Å²) in [7, 11) is 0. The quantitative estimate of drug-likeness (QED) is 0.907. The molecule has 0 saturated carbocycles. The van der Waals surface area contributed by atoms with Gasteiger partial charge in [-0.05, 0) is 37.0 Å². The van der Waals surface area contributed by atoms with Gasteiger partial charge in [-0.2, -0.15) is 5.10 Å². The van der Waals surface area contributed by atoms with Crippen LogP contribution in [0.15, 0.2) is 24.3 Å². The second-order valence-electron chi connectivity index (χ2n) is 4.69. The van der Waals surface area contributed by atoms with Crippen LogP contribution in [0.5, 0.6) is 11.6 Å². The van der Waals surface area contributed by atoms with Gasteiger partial charge in [0.2, 0.25) is 5.88 Å². The first kappa shape index (κ1) is 14.5. The summed E-state index contributed by atoms with van der Waals surface area (Å²) in [5, 5.41) is 8.48. The molecule has 0 atom stereocenters. The molecule has 0 radical (unpaired) electrons. The average molecular weight is 271 g/mol. The average Bonchev–Trinajstić information content (AvgIpc) is 2.48. The fourth-order valence-corrected chi connectivity index (χ4v) is 2.30. The van der Waals surface area contributed by atoms with E-state index in [0.29, 0.717) is 12.4 Å². The van der Waals surface area contributed by atoms with E-state index < -0.39 is 0 Å². The third-order valence-corrected chi connectivity index (χ3v) is 3.43. The van der Waals surface area contributed by atoms with Gasteiger partial charge >= 0.3 is 0 Å². The van der Waals surface area contributed by atoms with E-state index in [0.717, 1.165) is 41.0 Å². The smallest absolute Gasteiger partial charge is 0.243 e. The van der Waals surface area contributed by atoms with E-state index in [9.17, 15) is 0 Å². The Labute approximate surface area is 120 Å². The zero-order valence-electron chi connectivity index (χ0n) is 12.3. The molecule has 0 amide bonds. The molecule has 0 aliphatic carbocycles. The topological polar surface area (TPSA) is 61.0 Å². The minimum absolute atomic E-state index is 0.410. The number of hydrogen-bond acceptors (Lipinski definition) is 4. The Bertz CT molecular complexity index is 596. The van der Waals surface area contributed by atoms with Crippen molar-refractivity contribution in [1.29, 1.82) is 0 Å². The summed E-state index contributed by atoms with van der Waals surface area (Å²) in [6.45, 7) is 6.59. The number of benzene rings is 1. The molecule has 0 aliphatic rings. The highest BCUT2D eigenvalue weighted by Gasteiger charge is 2.15. The first-order chi connectivity index (χ1) is 9.71. The van der Waals surface area contributed by atoms with Crippen molar-refractivity contribution in [2.45, 2.75) is 40.2 Å². The first-order valence-corrected chi connectivity index (χ1v) is 7.02. The minimum atomic E-state index is 0.410. The molecule has 0 bridgehead atoms. The van der Waals surface area contributed by atoms with Gasteiger partial charge in [0.05, 0.1) is 5.69 Å². The van der Waals surface area contributed by atoms with Gasteiger partial charge in [0.1, 0.15) is 5.75 Å². The predicted molar refractivity (Wildman–Crippen MR) is 79.9 cm³/mol. The number of aryl methyl sites for hydroxylation is 2. The summed E-state index contributed by atoms with van der Waals surface area (Å²) in [5.41, 5.74) is 10.1. The summed E-state index contributed by atoms with van der Waals surface area (Å²) in [6.07, 6.45) is 1.74. The molecule has 2 rings (SSSR count). The predicted octanol–water partition coefficient (Wildman–Crippen LogP) is 3.16. The van der Waals surface area contributed by atoms with E-state index in [2.05, 4.69) is 24.0 Å². The Morgan fingerprint density at radius 2 is 1.80 bits per heavy atom. The first-order valence-electron chi connectivity index (χ1n) is 7.02. The monoisotopic (exact) mass is 271 g/mol. The summed E-state index contributed by atoms with van der Waals surface area (Å²) in [6, 6.07) is 7.86. The van der Waals surface area contributed by atoms with Gasteiger partial charge in [0.15, 0.2) is 0 Å². The van der Waals surface area contributed by atoms with Crippen molar-refractivity contribution >= 4 is 0 Å². The van der Waals surface area contributed by atoms with Gasteiger partial charge in [-0.1, -0.05) is 32.0 Å². The lowest BCUT2D eigenvalue weighted by Crippen LogP contribution is -2.10. The fourth-order valence-electron chi connectivity index (χ4n) is 2.30. The summed E-state index contributed by atoms with van der Waals surface area (Å²) in [4.78, 5) is 0. The second-order valence-corrected chi connectivity index (χ2v) is 4.69. The number of ether oxygens (including phenoxy) is 1. The SMILES string of the molecule is CCc1nnc(Oc2ccccc2C)c(CN)c1CC. The molecule has 2 aromatic rings. The van der Waals surface area contributed by atoms with E-state index in [-0.39, 0.29) is 0 Å². The fraction of sp³-hybridized carbons (Fsp3) is 0.375. The van der Waals surface area contributed by atoms with E-state index in [1.807, 2.05) is 31.2 Å². The highest BCUT2D eigenvalue weighted by atomic mass is 16.5. The standard InChI is InChI=1S/C16H21N3O/c1-4-12-13(10-17)16(19-18-14(12)5-2)20-15-9-7-6-8-11(15)3/h6-9H,4-5,10,17H2,1-3H3. The number of hydrogen-bond donors (Lipinski definition) is 1. The normalized spacial score (nSPS) is 10.6. The van der Waals surface area contributed by atoms with Crippen LogP contribution in [-0.2, 0) is 19.4 Å². The van der Waals surface area contributed by atoms with Crippen LogP contribution in [0, 0.1) is 6.92 Å². The van der Waals surface area contributed by atoms with Crippen molar-refractivity contribution in [3.63, 3.8) is 0 Å². The molecule has 1 heterocycles. The molecular formula is C16H21N3O. The lowest BCUT2D eigenvalue weighted by atomic mass is 10.0. The van der Waals surface area contributed by atoms with Crippen molar-refractivity contribution in [2.75, 3.05) is 0 Å². The Balaban J connectivity index is 2.44. The molecule has 1 aromatic heterocycles. The molecule has 0 fully saturated rings. The zero-order chi connectivity index (χ0) is 14.5. The van der Waals surface area contributed by atoms with Gasteiger partial charge in [-0.25, -0.2) is 0 Å². The van der Waals surface area contributed by atoms with Crippen molar-refractivity contribution in [1.82, 2.24) is 10.2 Å². The van der Waals surface area contributed by atoms with Crippen LogP contribution in [0.4, 0.5) is 0 Å². The van der Waals surface area contributed by atoms with E-state index in [1.54, 1.807) is 0 Å². The molecule has 4 heteroatoms. The maximum absolute atomic E-state index is 5.92. The molecule has 106 valence electrons. The van der Waals surface area contributed by atoms with Crippen LogP contribution in [0.25, 0.3) is 0 Å². The summed E-state index contributed by atoms with van der Waals surface area (Å²) >= 11 is 0. The molecular weight excluding hydrogens is 250 g/mol. The van der Waals surface area contributed by atoms with E-state index in [1.165, 1.54) is 0 Å². The maximum Gasteiger partial charge on any atom is 0.243 e. The van der Waals surface area contributed by atoms with Crippen LogP contribution in [0.3, 0.4) is 0 Å². The molecule has 20 heavy (non-hydrogen) atoms. The van der Waals surface area contributed by atoms with Crippen molar-refractivity contribution < 1.29 is 4.74 Å². The van der Waals surface area contributed by atoms with Crippen LogP contribution in [0.2, 0.25) is 0 Å². The minimum Gasteiger partial charge on any atom is -0.437 e. The number of aromatic nitrogens is 2. The number of rotatable bonds is 5. The van der Waals surface area contributed by atoms with E-state index >= 15 is 0 Å². The molecule has 4 nitrogen and oxygen atoms in total. The number of nitrogens with zero attached hydrogens (tertiary/aromatic N) is 2. The Morgan fingerprint density at radius 3 is 2.40 bits per heavy atom. The van der Waals surface area contributed by atoms with Gasteiger partial charge < -0.3 is 10.5 Å². The third-order valence-electron chi connectivity index (χ3n) is 3.43. The number of para-hydroxylation sites is 1. The Morgan fingerprint density at radius 1 is 1.05 bits per heavy atom. The molecule has 0 saturated heterocycles. The van der Waals surface area contributed by atoms with Crippen LogP contribution < -0.4 is 10.5 Å².